The van der Waals surface area contributed by atoms with Crippen LogP contribution in [0.15, 0.2) is 0 Å². The van der Waals surface area contributed by atoms with Gasteiger partial charge in [0.15, 0.2) is 0 Å². The zero-order chi connectivity index (χ0) is 13.5. The first kappa shape index (κ1) is 13.4. The zero-order valence-electron chi connectivity index (χ0n) is 12.5. The van der Waals surface area contributed by atoms with E-state index in [0.29, 0.717) is 23.4 Å². The second kappa shape index (κ2) is 5.08. The van der Waals surface area contributed by atoms with E-state index >= 15 is 0 Å². The van der Waals surface area contributed by atoms with E-state index in [1.54, 1.807) is 0 Å². The van der Waals surface area contributed by atoms with E-state index in [1.807, 2.05) is 6.92 Å². The summed E-state index contributed by atoms with van der Waals surface area (Å²) in [5.41, 5.74) is 0.479. The predicted molar refractivity (Wildman–Crippen MR) is 76.6 cm³/mol. The average Bonchev–Trinajstić information content (AvgIpc) is 2.85. The number of hydrogen-bond donors (Lipinski definition) is 1. The van der Waals surface area contributed by atoms with Crippen LogP contribution in [-0.4, -0.2) is 29.6 Å². The fourth-order valence-corrected chi connectivity index (χ4v) is 4.20. The lowest BCUT2D eigenvalue weighted by atomic mass is 9.98. The van der Waals surface area contributed by atoms with Gasteiger partial charge in [0.1, 0.15) is 0 Å². The number of nitrogens with one attached hydrogen (secondary N) is 1. The minimum absolute atomic E-state index is 0.0306. The van der Waals surface area contributed by atoms with E-state index < -0.39 is 0 Å². The molecule has 2 unspecified atom stereocenters. The Morgan fingerprint density at radius 1 is 1.32 bits per heavy atom. The fourth-order valence-electron chi connectivity index (χ4n) is 4.20. The van der Waals surface area contributed by atoms with Crippen LogP contribution in [0.5, 0.6) is 0 Å². The summed E-state index contributed by atoms with van der Waals surface area (Å²) in [6, 6.07) is 0.0306. The van der Waals surface area contributed by atoms with Crippen molar-refractivity contribution >= 4 is 5.91 Å². The van der Waals surface area contributed by atoms with Crippen molar-refractivity contribution in [3.63, 3.8) is 0 Å². The molecule has 0 aromatic rings. The molecule has 3 nitrogen and oxygen atoms in total. The molecule has 3 heteroatoms. The largest absolute Gasteiger partial charge is 0.325 e. The Hall–Kier alpha value is -0.570. The quantitative estimate of drug-likeness (QED) is 0.828. The molecular formula is C16H28N2O. The lowest BCUT2D eigenvalue weighted by Gasteiger charge is -2.32. The van der Waals surface area contributed by atoms with Crippen LogP contribution in [0.25, 0.3) is 0 Å². The predicted octanol–water partition coefficient (Wildman–Crippen LogP) is 2.90. The molecule has 2 aliphatic carbocycles. The summed E-state index contributed by atoms with van der Waals surface area (Å²) < 4.78 is 0. The van der Waals surface area contributed by atoms with Crippen molar-refractivity contribution in [3.8, 4) is 0 Å². The van der Waals surface area contributed by atoms with Gasteiger partial charge in [-0.25, -0.2) is 0 Å². The molecular weight excluding hydrogens is 236 g/mol. The maximum atomic E-state index is 12.4. The van der Waals surface area contributed by atoms with Crippen molar-refractivity contribution in [2.45, 2.75) is 77.4 Å². The van der Waals surface area contributed by atoms with Gasteiger partial charge < -0.3 is 4.90 Å². The minimum atomic E-state index is 0.0306. The first-order valence-electron chi connectivity index (χ1n) is 8.22. The van der Waals surface area contributed by atoms with Crippen LogP contribution in [-0.2, 0) is 4.79 Å². The van der Waals surface area contributed by atoms with E-state index in [2.05, 4.69) is 17.1 Å². The van der Waals surface area contributed by atoms with Gasteiger partial charge in [-0.2, -0.15) is 0 Å². The summed E-state index contributed by atoms with van der Waals surface area (Å²) in [5, 5.41) is 3.56. The van der Waals surface area contributed by atoms with Gasteiger partial charge in [-0.1, -0.05) is 26.2 Å². The summed E-state index contributed by atoms with van der Waals surface area (Å²) >= 11 is 0. The first-order chi connectivity index (χ1) is 9.15. The van der Waals surface area contributed by atoms with Crippen LogP contribution in [0, 0.1) is 11.3 Å². The second-order valence-electron chi connectivity index (χ2n) is 7.09. The van der Waals surface area contributed by atoms with Crippen molar-refractivity contribution in [3.05, 3.63) is 0 Å². The topological polar surface area (TPSA) is 32.3 Å². The van der Waals surface area contributed by atoms with Crippen molar-refractivity contribution in [2.24, 2.45) is 11.3 Å². The third-order valence-corrected chi connectivity index (χ3v) is 5.50. The van der Waals surface area contributed by atoms with Gasteiger partial charge >= 0.3 is 0 Å². The number of carbonyl (C=O) groups is 1. The summed E-state index contributed by atoms with van der Waals surface area (Å²) in [6.45, 7) is 5.31. The minimum Gasteiger partial charge on any atom is -0.325 e. The van der Waals surface area contributed by atoms with Gasteiger partial charge in [0.25, 0.3) is 0 Å². The van der Waals surface area contributed by atoms with Crippen LogP contribution < -0.4 is 5.32 Å². The summed E-state index contributed by atoms with van der Waals surface area (Å²) in [6.07, 6.45) is 10.8. The van der Waals surface area contributed by atoms with Crippen LogP contribution >= 0.6 is 0 Å². The third-order valence-electron chi connectivity index (χ3n) is 5.50. The van der Waals surface area contributed by atoms with Crippen LogP contribution in [0.4, 0.5) is 0 Å². The monoisotopic (exact) mass is 264 g/mol. The van der Waals surface area contributed by atoms with E-state index in [1.165, 1.54) is 51.4 Å². The molecule has 1 N–H and O–H groups in total. The Kier molecular flexibility index (Phi) is 3.59. The molecule has 0 radical (unpaired) electrons. The zero-order valence-corrected chi connectivity index (χ0v) is 12.5. The molecule has 1 saturated heterocycles. The van der Waals surface area contributed by atoms with E-state index in [0.717, 1.165) is 6.54 Å². The lowest BCUT2D eigenvalue weighted by Crippen LogP contribution is -2.45. The van der Waals surface area contributed by atoms with Gasteiger partial charge in [0.2, 0.25) is 5.91 Å². The molecule has 0 spiro atoms. The molecule has 2 atom stereocenters. The Bertz CT molecular complexity index is 345. The molecule has 1 amide bonds. The van der Waals surface area contributed by atoms with Crippen LogP contribution in [0.1, 0.15) is 65.2 Å². The van der Waals surface area contributed by atoms with E-state index in [9.17, 15) is 4.79 Å². The molecule has 3 aliphatic rings. The molecule has 19 heavy (non-hydrogen) atoms. The number of nitrogens with zero attached hydrogens (tertiary/aromatic N) is 1. The van der Waals surface area contributed by atoms with Crippen molar-refractivity contribution in [2.75, 3.05) is 6.54 Å². The number of rotatable bonds is 5. The number of amides is 1. The summed E-state index contributed by atoms with van der Waals surface area (Å²) in [5.74, 6) is 1.05. The number of carbonyl (C=O) groups excluding carboxylic acids is 1. The Labute approximate surface area is 117 Å². The highest BCUT2D eigenvalue weighted by Gasteiger charge is 2.49. The smallest absolute Gasteiger partial charge is 0.240 e. The molecule has 3 rings (SSSR count). The molecule has 0 aromatic heterocycles. The van der Waals surface area contributed by atoms with Crippen molar-refractivity contribution in [1.29, 1.82) is 0 Å². The molecule has 0 bridgehead atoms. The fraction of sp³-hybridized carbons (Fsp3) is 0.938. The Morgan fingerprint density at radius 3 is 2.58 bits per heavy atom. The average molecular weight is 264 g/mol. The van der Waals surface area contributed by atoms with Crippen molar-refractivity contribution in [1.82, 2.24) is 10.2 Å². The SMILES string of the molecule is CCCC1(CN2C(=O)C(C)NC2C2CCCC2)CC1. The van der Waals surface area contributed by atoms with Crippen molar-refractivity contribution < 1.29 is 4.79 Å². The third kappa shape index (κ3) is 2.54. The molecule has 0 aromatic carbocycles. The van der Waals surface area contributed by atoms with E-state index in [4.69, 9.17) is 0 Å². The lowest BCUT2D eigenvalue weighted by molar-refractivity contribution is -0.131. The summed E-state index contributed by atoms with van der Waals surface area (Å²) in [4.78, 5) is 14.7. The van der Waals surface area contributed by atoms with Gasteiger partial charge in [-0.15, -0.1) is 0 Å². The maximum absolute atomic E-state index is 12.4. The summed E-state index contributed by atoms with van der Waals surface area (Å²) in [7, 11) is 0. The second-order valence-corrected chi connectivity index (χ2v) is 7.09. The Balaban J connectivity index is 1.70. The highest BCUT2D eigenvalue weighted by atomic mass is 16.2. The molecule has 108 valence electrons. The van der Waals surface area contributed by atoms with Crippen LogP contribution in [0.2, 0.25) is 0 Å². The Morgan fingerprint density at radius 2 is 2.00 bits per heavy atom. The van der Waals surface area contributed by atoms with Gasteiger partial charge in [0.05, 0.1) is 12.2 Å². The van der Waals surface area contributed by atoms with Gasteiger partial charge in [-0.05, 0) is 50.4 Å². The first-order valence-corrected chi connectivity index (χ1v) is 8.22. The van der Waals surface area contributed by atoms with Gasteiger partial charge in [-0.3, -0.25) is 10.1 Å². The normalized spacial score (nSPS) is 34.2. The maximum Gasteiger partial charge on any atom is 0.240 e. The van der Waals surface area contributed by atoms with Gasteiger partial charge in [0, 0.05) is 6.54 Å². The highest BCUT2D eigenvalue weighted by Crippen LogP contribution is 2.51. The molecule has 1 heterocycles. The molecule has 3 fully saturated rings. The highest BCUT2D eigenvalue weighted by molar-refractivity contribution is 5.84. The molecule has 1 aliphatic heterocycles. The standard InChI is InChI=1S/C16H28N2O/c1-3-8-16(9-10-16)11-18-14(13-6-4-5-7-13)17-12(2)15(18)19/h12-14,17H,3-11H2,1-2H3. The molecule has 2 saturated carbocycles. The van der Waals surface area contributed by atoms with E-state index in [-0.39, 0.29) is 6.04 Å². The van der Waals surface area contributed by atoms with Crippen LogP contribution in [0.3, 0.4) is 0 Å². The number of hydrogen-bond acceptors (Lipinski definition) is 2.